The summed E-state index contributed by atoms with van der Waals surface area (Å²) >= 11 is 2.62. The first-order valence-corrected chi connectivity index (χ1v) is 6.91. The quantitative estimate of drug-likeness (QED) is 0.415. The van der Waals surface area contributed by atoms with Gasteiger partial charge >= 0.3 is 123 Å². The second-order valence-corrected chi connectivity index (χ2v) is 5.29. The molecule has 4 N–H and O–H groups in total. The molecule has 1 radical (unpaired) electrons. The summed E-state index contributed by atoms with van der Waals surface area (Å²) in [6.07, 6.45) is -2.69. The molecule has 1 aliphatic rings. The zero-order valence-corrected chi connectivity index (χ0v) is 12.5. The molecule has 1 unspecified atom stereocenters. The van der Waals surface area contributed by atoms with Gasteiger partial charge in [-0.05, 0) is 0 Å². The fourth-order valence-electron chi connectivity index (χ4n) is 2.10. The molecule has 1 aliphatic heterocycles. The van der Waals surface area contributed by atoms with Gasteiger partial charge in [0.15, 0.2) is 0 Å². The molecule has 1 saturated heterocycles. The van der Waals surface area contributed by atoms with E-state index in [4.69, 9.17) is 9.84 Å². The molecule has 0 saturated carbocycles. The molecule has 4 atom stereocenters. The fourth-order valence-corrected chi connectivity index (χ4v) is 2.60. The van der Waals surface area contributed by atoms with Crippen LogP contribution in [0, 0.1) is 0 Å². The third kappa shape index (κ3) is 2.79. The molecule has 1 fully saturated rings. The Morgan fingerprint density at radius 2 is 2.20 bits per heavy atom. The van der Waals surface area contributed by atoms with Crippen LogP contribution in [-0.4, -0.2) is 72.8 Å². The first-order valence-electron chi connectivity index (χ1n) is 6.05. The van der Waals surface area contributed by atoms with Crippen molar-refractivity contribution >= 4 is 20.7 Å². The monoisotopic (exact) mass is 350 g/mol. The fraction of sp³-hybridized carbons (Fsp3) is 0.636. The number of aliphatic hydroxyl groups excluding tert-OH is 3. The maximum absolute atomic E-state index is 11.7. The van der Waals surface area contributed by atoms with E-state index in [9.17, 15) is 15.0 Å². The summed E-state index contributed by atoms with van der Waals surface area (Å²) in [5, 5.41) is 31.7. The molecule has 20 heavy (non-hydrogen) atoms. The van der Waals surface area contributed by atoms with E-state index in [2.05, 4.69) is 26.3 Å². The van der Waals surface area contributed by atoms with Crippen molar-refractivity contribution in [1.82, 2.24) is 14.9 Å². The number of rotatable bonds is 4. The molecule has 1 aromatic heterocycles. The molecular weight excluding hydrogens is 333 g/mol. The number of nitrogens with one attached hydrogen (secondary N) is 1. The molecular formula is C11H16N3O5Se. The summed E-state index contributed by atoms with van der Waals surface area (Å²) in [7, 11) is 1.70. The van der Waals surface area contributed by atoms with Crippen molar-refractivity contribution in [3.05, 3.63) is 22.1 Å². The van der Waals surface area contributed by atoms with E-state index in [1.807, 2.05) is 0 Å². The number of aromatic nitrogens is 2. The second-order valence-electron chi connectivity index (χ2n) is 4.52. The minimum absolute atomic E-state index is 0.240. The standard InChI is InChI=1S/C11H16N3O5Se/c1-12-2-5-3-14(11(20)13-9(5)18)10-8(17)7(16)6(4-15)19-10/h3,6-8,10,12,15-17H,2,4H2,1H3/t6-,7?,8+,10-/m1/s1. The van der Waals surface area contributed by atoms with Gasteiger partial charge in [0, 0.05) is 0 Å². The van der Waals surface area contributed by atoms with E-state index in [0.717, 1.165) is 0 Å². The van der Waals surface area contributed by atoms with Crippen LogP contribution in [0.25, 0.3) is 0 Å². The number of hydrogen-bond acceptors (Lipinski definition) is 7. The van der Waals surface area contributed by atoms with Gasteiger partial charge in [0.25, 0.3) is 0 Å². The van der Waals surface area contributed by atoms with Crippen LogP contribution in [0.1, 0.15) is 11.8 Å². The Hall–Kier alpha value is -0.801. The number of nitrogens with zero attached hydrogens (tertiary/aromatic N) is 2. The van der Waals surface area contributed by atoms with Crippen LogP contribution in [0.15, 0.2) is 11.0 Å². The van der Waals surface area contributed by atoms with E-state index >= 15 is 0 Å². The summed E-state index contributed by atoms with van der Waals surface area (Å²) in [5.74, 6) is 0. The van der Waals surface area contributed by atoms with Crippen molar-refractivity contribution in [1.29, 1.82) is 0 Å². The normalized spacial score (nSPS) is 29.8. The summed E-state index contributed by atoms with van der Waals surface area (Å²) in [6.45, 7) is -0.0879. The first kappa shape index (κ1) is 15.6. The number of ether oxygens (including phenoxy) is 1. The van der Waals surface area contributed by atoms with Gasteiger partial charge in [-0.25, -0.2) is 0 Å². The van der Waals surface area contributed by atoms with E-state index in [-0.39, 0.29) is 10.3 Å². The molecule has 0 amide bonds. The summed E-state index contributed by atoms with van der Waals surface area (Å²) in [6, 6.07) is 0. The van der Waals surface area contributed by atoms with Crippen molar-refractivity contribution in [2.75, 3.05) is 13.7 Å². The SMILES string of the molecule is CNCc1cn([C@@H]2O[C@H](CO)C(O)[C@@H]2O)c([Se])nc1=O. The van der Waals surface area contributed by atoms with Gasteiger partial charge in [0.2, 0.25) is 0 Å². The average Bonchev–Trinajstić information content (AvgIpc) is 2.70. The van der Waals surface area contributed by atoms with Gasteiger partial charge in [-0.2, -0.15) is 0 Å². The summed E-state index contributed by atoms with van der Waals surface area (Å²) in [5.41, 5.74) is 0.0281. The van der Waals surface area contributed by atoms with Crippen LogP contribution in [-0.2, 0) is 11.3 Å². The van der Waals surface area contributed by atoms with E-state index in [1.165, 1.54) is 10.8 Å². The van der Waals surface area contributed by atoms with Crippen LogP contribution < -0.4 is 15.6 Å². The zero-order chi connectivity index (χ0) is 14.9. The second kappa shape index (κ2) is 6.31. The molecule has 0 aliphatic carbocycles. The van der Waals surface area contributed by atoms with Crippen molar-refractivity contribution in [3.8, 4) is 0 Å². The first-order chi connectivity index (χ1) is 9.49. The van der Waals surface area contributed by atoms with E-state index in [0.29, 0.717) is 12.1 Å². The van der Waals surface area contributed by atoms with Gasteiger partial charge < -0.3 is 0 Å². The predicted octanol–water partition coefficient (Wildman–Crippen LogP) is -3.63. The predicted molar refractivity (Wildman–Crippen MR) is 69.7 cm³/mol. The number of hydrogen-bond donors (Lipinski definition) is 4. The Bertz CT molecular complexity index is 537. The molecule has 111 valence electrons. The molecule has 0 spiro atoms. The van der Waals surface area contributed by atoms with E-state index in [1.54, 1.807) is 7.05 Å². The van der Waals surface area contributed by atoms with Crippen LogP contribution in [0.5, 0.6) is 0 Å². The van der Waals surface area contributed by atoms with Crippen molar-refractivity contribution in [2.24, 2.45) is 0 Å². The van der Waals surface area contributed by atoms with Gasteiger partial charge in [-0.15, -0.1) is 0 Å². The molecule has 9 heteroatoms. The maximum atomic E-state index is 11.7. The van der Waals surface area contributed by atoms with Crippen molar-refractivity contribution in [3.63, 3.8) is 0 Å². The molecule has 2 rings (SSSR count). The average molecular weight is 349 g/mol. The Balaban J connectivity index is 2.37. The van der Waals surface area contributed by atoms with Crippen molar-refractivity contribution in [2.45, 2.75) is 31.1 Å². The minimum atomic E-state index is -1.22. The van der Waals surface area contributed by atoms with E-state index < -0.39 is 31.1 Å². The topological polar surface area (TPSA) is 117 Å². The molecule has 0 aromatic carbocycles. The van der Waals surface area contributed by atoms with Gasteiger partial charge in [0.05, 0.1) is 0 Å². The van der Waals surface area contributed by atoms with Crippen LogP contribution in [0.4, 0.5) is 0 Å². The van der Waals surface area contributed by atoms with Crippen LogP contribution in [0.2, 0.25) is 0 Å². The number of aliphatic hydroxyl groups is 3. The van der Waals surface area contributed by atoms with Gasteiger partial charge in [-0.1, -0.05) is 0 Å². The summed E-state index contributed by atoms with van der Waals surface area (Å²) < 4.78 is 7.09. The molecule has 0 bridgehead atoms. The summed E-state index contributed by atoms with van der Waals surface area (Å²) in [4.78, 5) is 15.5. The Kier molecular flexibility index (Phi) is 4.92. The zero-order valence-electron chi connectivity index (χ0n) is 10.8. The Labute approximate surface area is 123 Å². The van der Waals surface area contributed by atoms with Crippen LogP contribution >= 0.6 is 0 Å². The molecule has 8 nitrogen and oxygen atoms in total. The molecule has 2 heterocycles. The van der Waals surface area contributed by atoms with Crippen LogP contribution in [0.3, 0.4) is 0 Å². The Morgan fingerprint density at radius 3 is 2.75 bits per heavy atom. The Morgan fingerprint density at radius 1 is 1.50 bits per heavy atom. The van der Waals surface area contributed by atoms with Crippen molar-refractivity contribution < 1.29 is 20.1 Å². The molecule has 1 aromatic rings. The van der Waals surface area contributed by atoms with Gasteiger partial charge in [0.1, 0.15) is 0 Å². The third-order valence-electron chi connectivity index (χ3n) is 3.15. The third-order valence-corrected chi connectivity index (χ3v) is 3.78. The van der Waals surface area contributed by atoms with Gasteiger partial charge in [-0.3, -0.25) is 0 Å².